The highest BCUT2D eigenvalue weighted by Gasteiger charge is 2.81. The number of piperidine rings is 1. The number of carbonyl (C=O) groups is 8. The van der Waals surface area contributed by atoms with E-state index in [1.807, 2.05) is 62.4 Å². The third kappa shape index (κ3) is 16.2. The molecule has 7 aliphatic heterocycles. The molecule has 2 amide bonds. The molecule has 2 aromatic heterocycles. The fourth-order valence-electron chi connectivity index (χ4n) is 21.1. The minimum absolute atomic E-state index is 0.0173. The number of phenols is 2. The van der Waals surface area contributed by atoms with Crippen molar-refractivity contribution < 1.29 is 116 Å². The van der Waals surface area contributed by atoms with Crippen LogP contribution in [0.2, 0.25) is 0 Å². The van der Waals surface area contributed by atoms with Gasteiger partial charge in [-0.2, -0.15) is 0 Å². The van der Waals surface area contributed by atoms with Gasteiger partial charge >= 0.3 is 25.6 Å². The number of nitrogens with zero attached hydrogens (tertiary/aromatic N) is 8. The van der Waals surface area contributed by atoms with Crippen molar-refractivity contribution in [2.45, 2.75) is 168 Å². The maximum atomic E-state index is 15.2. The first-order chi connectivity index (χ1) is 60.0. The summed E-state index contributed by atoms with van der Waals surface area (Å²) in [6.45, 7) is 11.0. The van der Waals surface area contributed by atoms with Crippen LogP contribution in [-0.2, 0) is 80.4 Å². The van der Waals surface area contributed by atoms with E-state index in [1.165, 1.54) is 69.8 Å². The Morgan fingerprint density at radius 3 is 2.21 bits per heavy atom. The number of nitrogens with one attached hydrogen (secondary N) is 3. The summed E-state index contributed by atoms with van der Waals surface area (Å²) in [6, 6.07) is 13.7. The number of esters is 3. The fourth-order valence-corrected chi connectivity index (χ4v) is 23.8. The van der Waals surface area contributed by atoms with Gasteiger partial charge in [0.1, 0.15) is 40.6 Å². The molecule has 40 heteroatoms. The van der Waals surface area contributed by atoms with Crippen LogP contribution in [0.5, 0.6) is 23.0 Å². The number of phenolic OH excluding ortho intramolecular Hbond substituents is 2. The van der Waals surface area contributed by atoms with Gasteiger partial charge in [-0.15, -0.1) is 28.3 Å². The largest absolute Gasteiger partial charge is 0.507 e. The van der Waals surface area contributed by atoms with Crippen LogP contribution in [0, 0.1) is 11.3 Å². The van der Waals surface area contributed by atoms with Gasteiger partial charge < -0.3 is 99.8 Å². The Labute approximate surface area is 736 Å². The lowest BCUT2D eigenvalue weighted by Gasteiger charge is -2.63. The number of anilines is 1. The number of benzene rings is 4. The lowest BCUT2D eigenvalue weighted by Crippen LogP contribution is -2.81. The van der Waals surface area contributed by atoms with Gasteiger partial charge in [-0.05, 0) is 87.6 Å². The number of hydrogen-bond acceptors (Lipinski definition) is 30. The van der Waals surface area contributed by atoms with E-state index in [-0.39, 0.29) is 64.0 Å². The summed E-state index contributed by atoms with van der Waals surface area (Å²) in [6.07, 6.45) is 2.90. The van der Waals surface area contributed by atoms with Crippen LogP contribution in [0.1, 0.15) is 161 Å². The van der Waals surface area contributed by atoms with Crippen molar-refractivity contribution in [3.63, 3.8) is 0 Å². The van der Waals surface area contributed by atoms with Crippen LogP contribution in [0.15, 0.2) is 83.4 Å². The minimum Gasteiger partial charge on any atom is -0.507 e. The maximum Gasteiger partial charge on any atom is 0.344 e. The Bertz CT molecular complexity index is 5280. The maximum absolute atomic E-state index is 15.2. The number of methoxy groups -OCH3 is 4. The molecule has 2 bridgehead atoms. The van der Waals surface area contributed by atoms with Crippen molar-refractivity contribution in [2.75, 3.05) is 125 Å². The molecule has 37 nitrogen and oxygen atoms in total. The van der Waals surface area contributed by atoms with Crippen LogP contribution in [0.3, 0.4) is 0 Å². The van der Waals surface area contributed by atoms with E-state index < -0.39 is 173 Å². The van der Waals surface area contributed by atoms with Crippen molar-refractivity contribution in [2.24, 2.45) is 33.1 Å². The van der Waals surface area contributed by atoms with Crippen LogP contribution >= 0.6 is 30.9 Å². The number of ether oxygens (including phenoxy) is 7. The van der Waals surface area contributed by atoms with Crippen LogP contribution < -0.4 is 30.9 Å². The molecule has 4 saturated heterocycles. The highest BCUT2D eigenvalue weighted by molar-refractivity contribution is 7.54. The summed E-state index contributed by atoms with van der Waals surface area (Å²) in [4.78, 5) is 123. The number of aliphatic hydroxyl groups excluding tert-OH is 2. The molecule has 9 heterocycles. The number of H-pyrrole nitrogens is 2. The molecule has 14 N–H and O–H groups in total. The van der Waals surface area contributed by atoms with Gasteiger partial charge in [-0.25, -0.2) is 19.5 Å². The van der Waals surface area contributed by atoms with Crippen molar-refractivity contribution in [3.8, 4) is 23.0 Å². The summed E-state index contributed by atoms with van der Waals surface area (Å²) >= 11 is 11.2. The Morgan fingerprint density at radius 1 is 0.873 bits per heavy atom. The third-order valence-corrected chi connectivity index (χ3v) is 29.1. The average molecular weight is 1810 g/mol. The normalized spacial score (nSPS) is 30.8. The van der Waals surface area contributed by atoms with E-state index in [0.29, 0.717) is 125 Å². The number of aromatic nitrogens is 3. The van der Waals surface area contributed by atoms with E-state index in [9.17, 15) is 73.9 Å². The number of aliphatic hydroxyl groups is 5. The Hall–Kier alpha value is -9.38. The summed E-state index contributed by atoms with van der Waals surface area (Å²) in [5.41, 5.74) is 4.24. The average Bonchev–Trinajstić information content (AvgIpc) is 1.46. The molecule has 1 spiro atoms. The minimum atomic E-state index is -2.84. The van der Waals surface area contributed by atoms with Gasteiger partial charge in [0, 0.05) is 160 Å². The number of primary amides is 1. The number of fused-ring (bicyclic) bond motifs is 9. The SMILES string of the molecule is CC[C@]1(O)C[C@@H]2CN(CCc3c([nH]c4ccccc34)[C@@](C(=O)OC)(c3ccc4c(c3OC)N(C=O)[C@H]3[C@@](O)(C(=O)OC)[C@H](OC(C)=O)[C@]5(CC)C=CCN6CC[C@]43[C@@H]65)C2)C1.CN(C)/N=N/c1nc[nH]c1C(N)=O.COc1cccc2c1C(=O)c1c(O)c3c(c(O)c1C2=O)C[C@@](O)(C(=O)CO)C[C@@H]3O[C@H]1C[C@H](N)[C@H](O)[C@H](C)O1.O=P1(N(CCCl)CCCl)NCCCO1. The molecule has 16 rings (SSSR count). The van der Waals surface area contributed by atoms with Crippen LogP contribution in [0.4, 0.5) is 11.5 Å². The van der Waals surface area contributed by atoms with E-state index >= 15 is 4.79 Å². The molecular formula is C86H110Cl2N13O24P. The van der Waals surface area contributed by atoms with E-state index in [1.54, 1.807) is 25.7 Å². The van der Waals surface area contributed by atoms with E-state index in [0.717, 1.165) is 29.4 Å². The second-order valence-corrected chi connectivity index (χ2v) is 36.6. The molecular weight excluding hydrogens is 1700 g/mol. The molecule has 0 radical (unpaired) electrons. The Balaban J connectivity index is 0.000000174. The lowest BCUT2D eigenvalue weighted by atomic mass is 9.47. The fraction of sp³-hybridized carbons (Fsp3) is 0.547. The number of hydrogen-bond donors (Lipinski definition) is 12. The quantitative estimate of drug-likeness (QED) is 0.00488. The molecule has 1 saturated carbocycles. The molecule has 126 heavy (non-hydrogen) atoms. The predicted octanol–water partition coefficient (Wildman–Crippen LogP) is 5.47. The second kappa shape index (κ2) is 37.4. The number of Topliss-reactive ketones (excluding diaryl/α,β-unsaturated/α-hetero) is 1. The van der Waals surface area contributed by atoms with Gasteiger partial charge in [0.05, 0.1) is 93.7 Å². The first kappa shape index (κ1) is 94.2. The second-order valence-electron chi connectivity index (χ2n) is 33.7. The summed E-state index contributed by atoms with van der Waals surface area (Å²) < 4.78 is 60.0. The Morgan fingerprint density at radius 2 is 1.59 bits per heavy atom. The molecule has 4 aromatic carbocycles. The first-order valence-corrected chi connectivity index (χ1v) is 44.5. The number of alkyl halides is 2. The summed E-state index contributed by atoms with van der Waals surface area (Å²) in [5, 5.41) is 91.7. The summed E-state index contributed by atoms with van der Waals surface area (Å²) in [5.74, 6) is -5.54. The van der Waals surface area contributed by atoms with Gasteiger partial charge in [-0.1, -0.05) is 73.7 Å². The van der Waals surface area contributed by atoms with Crippen molar-refractivity contribution in [3.05, 3.63) is 135 Å². The number of amides is 2. The molecule has 17 atom stereocenters. The van der Waals surface area contributed by atoms with E-state index in [2.05, 4.69) is 40.2 Å². The zero-order chi connectivity index (χ0) is 91.2. The summed E-state index contributed by atoms with van der Waals surface area (Å²) in [7, 11) is 5.95. The van der Waals surface area contributed by atoms with Gasteiger partial charge in [0.15, 0.2) is 29.7 Å². The number of rotatable bonds is 21. The highest BCUT2D eigenvalue weighted by atomic mass is 35.5. The smallest absolute Gasteiger partial charge is 0.344 e. The number of carbonyl (C=O) groups excluding carboxylic acids is 8. The zero-order valence-electron chi connectivity index (χ0n) is 71.8. The number of para-hydroxylation sites is 1. The van der Waals surface area contributed by atoms with Gasteiger partial charge in [0.2, 0.25) is 23.6 Å². The van der Waals surface area contributed by atoms with Crippen molar-refractivity contribution in [1.29, 1.82) is 0 Å². The highest BCUT2D eigenvalue weighted by Crippen LogP contribution is 2.70. The van der Waals surface area contributed by atoms with Crippen LogP contribution in [-0.4, -0.2) is 297 Å². The third-order valence-electron chi connectivity index (χ3n) is 26.4. The molecule has 3 aliphatic carbocycles. The number of aromatic hydroxyl groups is 2. The molecule has 2 unspecified atom stereocenters. The van der Waals surface area contributed by atoms with Crippen LogP contribution in [0.25, 0.3) is 10.9 Å². The standard InChI is InChI=1S/C46H56N4O10.C27H29NO11.C7H15Cl2N2O2P.C6H10N6O/c1-7-42(55)22-28-23-45(40(53)58-5,36-30(16-20-48(24-28)25-42)29-12-9-10-13-33(29)47-36)32-15-14-31-34(35(32)57-4)50(26-51)38-44(31)18-21-49-19-11-17-43(8-2,37(44)49)39(60-27(3)52)46(38,56)41(54)59-6;1-10-22(31)13(28)6-17(38-10)39-15-8-27(36,16(30)9-29)7-12-19(15)26(35)21-20(24(12)33)23(32)11-4-3-5-14(37-2)18(11)25(21)34;8-2-5-11(6-3-9)14(12)10-4-1-7-13-14;1-12(2)11-10-6-4(5(7)13)8-3-9-6/h9-15,17,26,28,37-39,47,55-56H,7-8,16,18-25H2,1-6H3;3-5,10,13,15,17,22,29,31,33,35-36H,6-9,28H2,1-2H3;1-7H2,(H,10,12);3H,1-2H3,(H2,7,13)(H,8,9)/b;;;11-10+/t28-,37-,38+,39+,42-,43+,44+,45-,46-;10-,13-,15-,17-,22+,27-;;/m00../s1. The van der Waals surface area contributed by atoms with Crippen molar-refractivity contribution in [1.82, 2.24) is 39.5 Å². The molecule has 682 valence electrons. The van der Waals surface area contributed by atoms with Gasteiger partial charge in [-0.3, -0.25) is 52.9 Å². The number of aromatic amines is 2. The number of ketones is 3. The van der Waals surface area contributed by atoms with Gasteiger partial charge in [0.25, 0.3) is 5.91 Å². The topological polar surface area (TPSA) is 519 Å². The number of nitrogens with two attached hydrogens (primary N) is 2. The first-order valence-electron chi connectivity index (χ1n) is 41.8. The van der Waals surface area contributed by atoms with E-state index in [4.69, 9.17) is 72.4 Å². The lowest BCUT2D eigenvalue weighted by molar-refractivity contribution is -0.247. The predicted molar refractivity (Wildman–Crippen MR) is 457 cm³/mol. The molecule has 10 aliphatic rings. The number of imidazole rings is 1. The monoisotopic (exact) mass is 1810 g/mol. The molecule has 6 aromatic rings. The zero-order valence-corrected chi connectivity index (χ0v) is 74.2. The molecule has 5 fully saturated rings. The Kier molecular flexibility index (Phi) is 27.9. The van der Waals surface area contributed by atoms with Crippen molar-refractivity contribution >= 4 is 101 Å². The number of halogens is 2.